The van der Waals surface area contributed by atoms with Crippen molar-refractivity contribution < 1.29 is 0 Å². The van der Waals surface area contributed by atoms with Gasteiger partial charge in [0.15, 0.2) is 0 Å². The topological polar surface area (TPSA) is 26.0 Å². The summed E-state index contributed by atoms with van der Waals surface area (Å²) in [4.78, 5) is 0. The van der Waals surface area contributed by atoms with E-state index in [2.05, 4.69) is 13.8 Å². The van der Waals surface area contributed by atoms with Crippen LogP contribution in [0, 0.1) is 6.92 Å². The zero-order valence-electron chi connectivity index (χ0n) is 6.88. The summed E-state index contributed by atoms with van der Waals surface area (Å²) in [6, 6.07) is 7.90. The second-order valence-electron chi connectivity index (χ2n) is 2.73. The molecule has 1 unspecified atom stereocenters. The van der Waals surface area contributed by atoms with Gasteiger partial charge in [-0.1, -0.05) is 25.1 Å². The quantitative estimate of drug-likeness (QED) is 0.641. The zero-order chi connectivity index (χ0) is 8.27. The van der Waals surface area contributed by atoms with Crippen LogP contribution in [0.5, 0.6) is 0 Å². The third-order valence-electron chi connectivity index (χ3n) is 1.93. The largest absolute Gasteiger partial charge is 0.398 e. The average Bonchev–Trinajstić information content (AvgIpc) is 2.04. The number of hydrogen-bond acceptors (Lipinski definition) is 1. The van der Waals surface area contributed by atoms with Gasteiger partial charge in [0.25, 0.3) is 0 Å². The smallest absolute Gasteiger partial charge is 0.0349 e. The van der Waals surface area contributed by atoms with Crippen LogP contribution in [0.25, 0.3) is 0 Å². The fourth-order valence-corrected chi connectivity index (χ4v) is 1.10. The maximum Gasteiger partial charge on any atom is 0.0349 e. The highest BCUT2D eigenvalue weighted by molar-refractivity contribution is 5.48. The van der Waals surface area contributed by atoms with Gasteiger partial charge in [-0.15, -0.1) is 0 Å². The van der Waals surface area contributed by atoms with Crippen molar-refractivity contribution in [3.05, 3.63) is 36.8 Å². The molecule has 0 fully saturated rings. The van der Waals surface area contributed by atoms with Crippen molar-refractivity contribution in [2.24, 2.45) is 0 Å². The Morgan fingerprint density at radius 2 is 2.09 bits per heavy atom. The van der Waals surface area contributed by atoms with Crippen LogP contribution in [0.4, 0.5) is 5.69 Å². The van der Waals surface area contributed by atoms with Crippen LogP contribution < -0.4 is 5.73 Å². The number of rotatable bonds is 2. The van der Waals surface area contributed by atoms with Crippen LogP contribution in [-0.2, 0) is 0 Å². The molecule has 1 aromatic rings. The number of para-hydroxylation sites is 1. The maximum atomic E-state index is 5.76. The van der Waals surface area contributed by atoms with Crippen LogP contribution >= 0.6 is 0 Å². The SMILES string of the molecule is [CH2]C(CC)c1ccccc1N. The molecule has 1 atom stereocenters. The Morgan fingerprint density at radius 1 is 1.45 bits per heavy atom. The molecule has 0 spiro atoms. The summed E-state index contributed by atoms with van der Waals surface area (Å²) < 4.78 is 0. The van der Waals surface area contributed by atoms with Gasteiger partial charge >= 0.3 is 0 Å². The van der Waals surface area contributed by atoms with Gasteiger partial charge in [-0.2, -0.15) is 0 Å². The van der Waals surface area contributed by atoms with E-state index in [4.69, 9.17) is 5.73 Å². The molecular formula is C10H14N. The molecule has 11 heavy (non-hydrogen) atoms. The van der Waals surface area contributed by atoms with E-state index in [-0.39, 0.29) is 0 Å². The first-order chi connectivity index (χ1) is 5.25. The van der Waals surface area contributed by atoms with E-state index in [9.17, 15) is 0 Å². The van der Waals surface area contributed by atoms with Crippen molar-refractivity contribution >= 4 is 5.69 Å². The third-order valence-corrected chi connectivity index (χ3v) is 1.93. The zero-order valence-corrected chi connectivity index (χ0v) is 6.88. The van der Waals surface area contributed by atoms with E-state index in [1.165, 1.54) is 0 Å². The number of hydrogen-bond donors (Lipinski definition) is 1. The third kappa shape index (κ3) is 1.73. The molecule has 0 aliphatic carbocycles. The normalized spacial score (nSPS) is 12.9. The van der Waals surface area contributed by atoms with Crippen molar-refractivity contribution in [2.75, 3.05) is 5.73 Å². The molecular weight excluding hydrogens is 134 g/mol. The van der Waals surface area contributed by atoms with E-state index in [0.717, 1.165) is 17.7 Å². The first kappa shape index (κ1) is 8.12. The van der Waals surface area contributed by atoms with Gasteiger partial charge < -0.3 is 5.73 Å². The van der Waals surface area contributed by atoms with Crippen molar-refractivity contribution in [3.8, 4) is 0 Å². The molecule has 0 aliphatic rings. The number of anilines is 1. The van der Waals surface area contributed by atoms with E-state index < -0.39 is 0 Å². The maximum absolute atomic E-state index is 5.76. The molecule has 0 bridgehead atoms. The summed E-state index contributed by atoms with van der Waals surface area (Å²) in [7, 11) is 0. The fourth-order valence-electron chi connectivity index (χ4n) is 1.10. The predicted octanol–water partition coefficient (Wildman–Crippen LogP) is 2.60. The minimum absolute atomic E-state index is 0.330. The Bertz CT molecular complexity index is 230. The Balaban J connectivity index is 2.93. The monoisotopic (exact) mass is 148 g/mol. The van der Waals surface area contributed by atoms with E-state index >= 15 is 0 Å². The van der Waals surface area contributed by atoms with Crippen LogP contribution in [-0.4, -0.2) is 0 Å². The van der Waals surface area contributed by atoms with Crippen molar-refractivity contribution in [1.29, 1.82) is 0 Å². The van der Waals surface area contributed by atoms with Crippen LogP contribution in [0.2, 0.25) is 0 Å². The summed E-state index contributed by atoms with van der Waals surface area (Å²) in [6.45, 7) is 6.12. The van der Waals surface area contributed by atoms with Crippen molar-refractivity contribution in [2.45, 2.75) is 19.3 Å². The lowest BCUT2D eigenvalue weighted by molar-refractivity contribution is 0.804. The molecule has 0 amide bonds. The van der Waals surface area contributed by atoms with Gasteiger partial charge in [-0.25, -0.2) is 0 Å². The summed E-state index contributed by atoms with van der Waals surface area (Å²) in [6.07, 6.45) is 1.04. The van der Waals surface area contributed by atoms with E-state index in [1.54, 1.807) is 0 Å². The van der Waals surface area contributed by atoms with E-state index in [0.29, 0.717) is 5.92 Å². The summed E-state index contributed by atoms with van der Waals surface area (Å²) in [5, 5.41) is 0. The Morgan fingerprint density at radius 3 is 2.64 bits per heavy atom. The number of nitrogen functional groups attached to an aromatic ring is 1. The summed E-state index contributed by atoms with van der Waals surface area (Å²) in [5.41, 5.74) is 7.77. The molecule has 59 valence electrons. The molecule has 1 radical (unpaired) electrons. The summed E-state index contributed by atoms with van der Waals surface area (Å²) in [5.74, 6) is 0.330. The highest BCUT2D eigenvalue weighted by Crippen LogP contribution is 2.23. The molecule has 0 aromatic heterocycles. The van der Waals surface area contributed by atoms with Gasteiger partial charge in [0.2, 0.25) is 0 Å². The Labute approximate surface area is 68.2 Å². The molecule has 1 aromatic carbocycles. The van der Waals surface area contributed by atoms with Gasteiger partial charge in [-0.3, -0.25) is 0 Å². The first-order valence-electron chi connectivity index (χ1n) is 3.93. The lowest BCUT2D eigenvalue weighted by atomic mass is 9.97. The van der Waals surface area contributed by atoms with Gasteiger partial charge in [0.1, 0.15) is 0 Å². The first-order valence-corrected chi connectivity index (χ1v) is 3.93. The lowest BCUT2D eigenvalue weighted by Crippen LogP contribution is -1.97. The standard InChI is InChI=1S/C10H14N/c1-3-8(2)9-6-4-5-7-10(9)11/h4-8H,2-3,11H2,1H3. The van der Waals surface area contributed by atoms with Crippen LogP contribution in [0.15, 0.2) is 24.3 Å². The second kappa shape index (κ2) is 3.42. The van der Waals surface area contributed by atoms with Crippen molar-refractivity contribution in [3.63, 3.8) is 0 Å². The summed E-state index contributed by atoms with van der Waals surface area (Å²) >= 11 is 0. The Kier molecular flexibility index (Phi) is 2.53. The highest BCUT2D eigenvalue weighted by atomic mass is 14.6. The molecule has 0 saturated heterocycles. The molecule has 0 saturated carbocycles. The van der Waals surface area contributed by atoms with Crippen molar-refractivity contribution in [1.82, 2.24) is 0 Å². The highest BCUT2D eigenvalue weighted by Gasteiger charge is 2.04. The number of benzene rings is 1. The van der Waals surface area contributed by atoms with Crippen LogP contribution in [0.3, 0.4) is 0 Å². The molecule has 1 rings (SSSR count). The molecule has 0 aliphatic heterocycles. The molecule has 0 heterocycles. The fraction of sp³-hybridized carbons (Fsp3) is 0.300. The van der Waals surface area contributed by atoms with Gasteiger partial charge in [-0.05, 0) is 30.9 Å². The minimum atomic E-state index is 0.330. The number of nitrogens with two attached hydrogens (primary N) is 1. The predicted molar refractivity (Wildman–Crippen MR) is 49.2 cm³/mol. The van der Waals surface area contributed by atoms with Crippen LogP contribution in [0.1, 0.15) is 24.8 Å². The second-order valence-corrected chi connectivity index (χ2v) is 2.73. The van der Waals surface area contributed by atoms with Gasteiger partial charge in [0, 0.05) is 5.69 Å². The molecule has 1 heteroatoms. The molecule has 1 nitrogen and oxygen atoms in total. The Hall–Kier alpha value is -0.980. The lowest BCUT2D eigenvalue weighted by Gasteiger charge is -2.10. The van der Waals surface area contributed by atoms with E-state index in [1.807, 2.05) is 24.3 Å². The molecule has 2 N–H and O–H groups in total. The average molecular weight is 148 g/mol. The van der Waals surface area contributed by atoms with Gasteiger partial charge in [0.05, 0.1) is 0 Å². The minimum Gasteiger partial charge on any atom is -0.398 e.